The van der Waals surface area contributed by atoms with Crippen LogP contribution in [-0.2, 0) is 12.0 Å². The second kappa shape index (κ2) is 3.09. The number of imidazole rings is 1. The SMILES string of the molecule is Fc1ccc(F)c([C@@]23C[C@@H]2c2c[nH]c(=S)n2C3)c1. The average molecular weight is 264 g/mol. The number of rotatable bonds is 1. The summed E-state index contributed by atoms with van der Waals surface area (Å²) in [6, 6.07) is 3.70. The summed E-state index contributed by atoms with van der Waals surface area (Å²) in [6.45, 7) is 0.649. The van der Waals surface area contributed by atoms with Gasteiger partial charge in [-0.3, -0.25) is 0 Å². The van der Waals surface area contributed by atoms with E-state index >= 15 is 0 Å². The number of nitrogens with one attached hydrogen (secondary N) is 1. The van der Waals surface area contributed by atoms with Crippen LogP contribution >= 0.6 is 12.2 Å². The van der Waals surface area contributed by atoms with Gasteiger partial charge in [0.15, 0.2) is 4.77 Å². The fraction of sp³-hybridized carbons (Fsp3) is 0.308. The second-order valence-corrected chi connectivity index (χ2v) is 5.53. The molecule has 4 rings (SSSR count). The maximum absolute atomic E-state index is 13.9. The molecule has 2 nitrogen and oxygen atoms in total. The lowest BCUT2D eigenvalue weighted by atomic mass is 9.94. The van der Waals surface area contributed by atoms with Crippen LogP contribution in [-0.4, -0.2) is 9.55 Å². The Bertz CT molecular complexity index is 718. The van der Waals surface area contributed by atoms with Crippen molar-refractivity contribution in [2.75, 3.05) is 0 Å². The molecule has 1 fully saturated rings. The van der Waals surface area contributed by atoms with Gasteiger partial charge >= 0.3 is 0 Å². The molecule has 1 saturated carbocycles. The Labute approximate surface area is 107 Å². The standard InChI is InChI=1S/C13H10F2N2S/c14-7-1-2-10(15)8(3-7)13-4-9(13)11-5-16-12(18)17(11)6-13/h1-3,5,9H,4,6H2,(H,16,18)/t9-,13+/m1/s1. The van der Waals surface area contributed by atoms with Gasteiger partial charge in [0.05, 0.1) is 0 Å². The number of H-pyrrole nitrogens is 1. The van der Waals surface area contributed by atoms with Crippen molar-refractivity contribution < 1.29 is 8.78 Å². The predicted molar refractivity (Wildman–Crippen MR) is 65.0 cm³/mol. The molecule has 0 radical (unpaired) electrons. The molecule has 2 aromatic rings. The smallest absolute Gasteiger partial charge is 0.177 e. The summed E-state index contributed by atoms with van der Waals surface area (Å²) in [5.41, 5.74) is 1.33. The first-order valence-corrected chi connectivity index (χ1v) is 6.26. The number of halogens is 2. The van der Waals surface area contributed by atoms with Gasteiger partial charge in [0, 0.05) is 29.8 Å². The third-order valence-corrected chi connectivity index (χ3v) is 4.58. The van der Waals surface area contributed by atoms with Crippen LogP contribution in [0.4, 0.5) is 8.78 Å². The highest BCUT2D eigenvalue weighted by molar-refractivity contribution is 7.71. The monoisotopic (exact) mass is 264 g/mol. The number of nitrogens with zero attached hydrogens (tertiary/aromatic N) is 1. The summed E-state index contributed by atoms with van der Waals surface area (Å²) in [6.07, 6.45) is 2.76. The quantitative estimate of drug-likeness (QED) is 0.784. The van der Waals surface area contributed by atoms with Crippen molar-refractivity contribution >= 4 is 12.2 Å². The molecule has 0 unspecified atom stereocenters. The molecule has 1 aliphatic carbocycles. The molecule has 1 aromatic carbocycles. The lowest BCUT2D eigenvalue weighted by Crippen LogP contribution is -2.14. The van der Waals surface area contributed by atoms with E-state index in [-0.39, 0.29) is 23.0 Å². The van der Waals surface area contributed by atoms with Gasteiger partial charge in [-0.25, -0.2) is 8.78 Å². The van der Waals surface area contributed by atoms with Crippen LogP contribution in [0.2, 0.25) is 0 Å². The summed E-state index contributed by atoms with van der Waals surface area (Å²) < 4.78 is 29.9. The van der Waals surface area contributed by atoms with E-state index in [0.29, 0.717) is 16.9 Å². The van der Waals surface area contributed by atoms with Crippen LogP contribution in [0, 0.1) is 16.4 Å². The van der Waals surface area contributed by atoms with Gasteiger partial charge in [-0.1, -0.05) is 0 Å². The normalized spacial score (nSPS) is 28.0. The zero-order valence-electron chi connectivity index (χ0n) is 9.41. The van der Waals surface area contributed by atoms with E-state index in [9.17, 15) is 8.78 Å². The zero-order valence-corrected chi connectivity index (χ0v) is 10.2. The average Bonchev–Trinajstić information content (AvgIpc) is 2.82. The van der Waals surface area contributed by atoms with Crippen molar-refractivity contribution in [3.63, 3.8) is 0 Å². The maximum Gasteiger partial charge on any atom is 0.177 e. The van der Waals surface area contributed by atoms with Crippen LogP contribution in [0.15, 0.2) is 24.4 Å². The van der Waals surface area contributed by atoms with Gasteiger partial charge in [0.1, 0.15) is 11.6 Å². The molecule has 1 aromatic heterocycles. The highest BCUT2D eigenvalue weighted by Gasteiger charge is 2.62. The summed E-state index contributed by atoms with van der Waals surface area (Å²) >= 11 is 5.18. The van der Waals surface area contributed by atoms with Crippen molar-refractivity contribution in [1.29, 1.82) is 0 Å². The molecule has 0 amide bonds. The van der Waals surface area contributed by atoms with Crippen molar-refractivity contribution in [2.24, 2.45) is 0 Å². The molecule has 5 heteroatoms. The Morgan fingerprint density at radius 1 is 1.39 bits per heavy atom. The Morgan fingerprint density at radius 2 is 2.22 bits per heavy atom. The Hall–Kier alpha value is -1.49. The maximum atomic E-state index is 13.9. The lowest BCUT2D eigenvalue weighted by Gasteiger charge is -2.14. The molecule has 1 N–H and O–H groups in total. The molecule has 0 spiro atoms. The summed E-state index contributed by atoms with van der Waals surface area (Å²) in [5.74, 6) is -0.436. The zero-order chi connectivity index (χ0) is 12.5. The molecule has 1 aliphatic heterocycles. The Kier molecular flexibility index (Phi) is 1.79. The topological polar surface area (TPSA) is 20.7 Å². The van der Waals surface area contributed by atoms with Crippen molar-refractivity contribution in [3.8, 4) is 0 Å². The van der Waals surface area contributed by atoms with E-state index in [0.717, 1.165) is 18.2 Å². The largest absolute Gasteiger partial charge is 0.337 e. The van der Waals surface area contributed by atoms with E-state index < -0.39 is 0 Å². The molecule has 2 aliphatic rings. The van der Waals surface area contributed by atoms with E-state index in [1.54, 1.807) is 0 Å². The molecular weight excluding hydrogens is 254 g/mol. The summed E-state index contributed by atoms with van der Waals surface area (Å²) in [7, 11) is 0. The number of aromatic nitrogens is 2. The van der Waals surface area contributed by atoms with Crippen LogP contribution in [0.5, 0.6) is 0 Å². The molecule has 0 bridgehead atoms. The van der Waals surface area contributed by atoms with Crippen molar-refractivity contribution in [1.82, 2.24) is 9.55 Å². The van der Waals surface area contributed by atoms with Gasteiger partial charge in [0.25, 0.3) is 0 Å². The first kappa shape index (κ1) is 10.4. The number of hydrogen-bond acceptors (Lipinski definition) is 1. The third-order valence-electron chi connectivity index (χ3n) is 4.24. The number of hydrogen-bond donors (Lipinski definition) is 1. The van der Waals surface area contributed by atoms with Crippen LogP contribution in [0.3, 0.4) is 0 Å². The first-order chi connectivity index (χ1) is 8.62. The van der Waals surface area contributed by atoms with Crippen LogP contribution < -0.4 is 0 Å². The summed E-state index contributed by atoms with van der Waals surface area (Å²) in [5, 5.41) is 0. The predicted octanol–water partition coefficient (Wildman–Crippen LogP) is 3.26. The number of fused-ring (bicyclic) bond motifs is 3. The van der Waals surface area contributed by atoms with Gasteiger partial charge < -0.3 is 9.55 Å². The third kappa shape index (κ3) is 1.13. The Morgan fingerprint density at radius 3 is 3.00 bits per heavy atom. The second-order valence-electron chi connectivity index (χ2n) is 5.14. The minimum absolute atomic E-state index is 0.266. The summed E-state index contributed by atoms with van der Waals surface area (Å²) in [4.78, 5) is 3.00. The highest BCUT2D eigenvalue weighted by Crippen LogP contribution is 2.65. The molecular formula is C13H10F2N2S. The van der Waals surface area contributed by atoms with E-state index in [1.165, 1.54) is 12.1 Å². The minimum Gasteiger partial charge on any atom is -0.337 e. The van der Waals surface area contributed by atoms with Gasteiger partial charge in [-0.05, 0) is 42.4 Å². The first-order valence-electron chi connectivity index (χ1n) is 5.85. The van der Waals surface area contributed by atoms with E-state index in [4.69, 9.17) is 12.2 Å². The number of benzene rings is 1. The molecule has 18 heavy (non-hydrogen) atoms. The highest BCUT2D eigenvalue weighted by atomic mass is 32.1. The Balaban J connectivity index is 1.86. The van der Waals surface area contributed by atoms with E-state index in [2.05, 4.69) is 4.98 Å². The van der Waals surface area contributed by atoms with Gasteiger partial charge in [-0.2, -0.15) is 0 Å². The van der Waals surface area contributed by atoms with Crippen LogP contribution in [0.25, 0.3) is 0 Å². The molecule has 92 valence electrons. The lowest BCUT2D eigenvalue weighted by molar-refractivity contribution is 0.520. The molecule has 0 saturated heterocycles. The van der Waals surface area contributed by atoms with Crippen molar-refractivity contribution in [2.45, 2.75) is 24.3 Å². The minimum atomic E-state index is -0.381. The van der Waals surface area contributed by atoms with Gasteiger partial charge in [0.2, 0.25) is 0 Å². The fourth-order valence-corrected chi connectivity index (χ4v) is 3.50. The van der Waals surface area contributed by atoms with Gasteiger partial charge in [-0.15, -0.1) is 0 Å². The molecule has 2 atom stereocenters. The van der Waals surface area contributed by atoms with Crippen LogP contribution in [0.1, 0.15) is 23.6 Å². The van der Waals surface area contributed by atoms with E-state index in [1.807, 2.05) is 10.8 Å². The van der Waals surface area contributed by atoms with Crippen molar-refractivity contribution in [3.05, 3.63) is 52.1 Å². The number of aromatic amines is 1. The molecule has 2 heterocycles. The fourth-order valence-electron chi connectivity index (χ4n) is 3.27.